The fraction of sp³-hybridized carbons (Fsp3) is 0.471. The van der Waals surface area contributed by atoms with Crippen LogP contribution in [0.4, 0.5) is 0 Å². The van der Waals surface area contributed by atoms with Crippen molar-refractivity contribution < 1.29 is 4.79 Å². The summed E-state index contributed by atoms with van der Waals surface area (Å²) in [5, 5.41) is 0. The molecule has 1 heterocycles. The van der Waals surface area contributed by atoms with E-state index in [9.17, 15) is 4.79 Å². The summed E-state index contributed by atoms with van der Waals surface area (Å²) < 4.78 is 0. The molecule has 1 aliphatic heterocycles. The Morgan fingerprint density at radius 1 is 1.32 bits per heavy atom. The predicted octanol–water partition coefficient (Wildman–Crippen LogP) is 3.88. The highest BCUT2D eigenvalue weighted by Crippen LogP contribution is 2.22. The summed E-state index contributed by atoms with van der Waals surface area (Å²) in [5.74, 6) is 0.204. The van der Waals surface area contributed by atoms with Gasteiger partial charge in [0.05, 0.1) is 0 Å². The molecule has 2 heteroatoms. The Hall–Kier alpha value is -1.57. The number of carbonyl (C=O) groups excluding carboxylic acids is 1. The molecule has 0 radical (unpaired) electrons. The van der Waals surface area contributed by atoms with Crippen LogP contribution in [0.1, 0.15) is 45.1 Å². The smallest absolute Gasteiger partial charge is 0.249 e. The second-order valence-electron chi connectivity index (χ2n) is 5.29. The lowest BCUT2D eigenvalue weighted by Crippen LogP contribution is -2.43. The molecule has 1 fully saturated rings. The number of benzene rings is 1. The summed E-state index contributed by atoms with van der Waals surface area (Å²) in [6, 6.07) is 10.5. The van der Waals surface area contributed by atoms with E-state index in [2.05, 4.69) is 11.8 Å². The molecule has 0 unspecified atom stereocenters. The number of piperidine rings is 1. The molecule has 2 nitrogen and oxygen atoms in total. The Balaban J connectivity index is 2.12. The maximum Gasteiger partial charge on any atom is 0.249 e. The fourth-order valence-corrected chi connectivity index (χ4v) is 2.78. The van der Waals surface area contributed by atoms with Crippen molar-refractivity contribution in [2.75, 3.05) is 6.54 Å². The van der Waals surface area contributed by atoms with Gasteiger partial charge in [0.1, 0.15) is 0 Å². The van der Waals surface area contributed by atoms with Gasteiger partial charge in [0.25, 0.3) is 0 Å². The monoisotopic (exact) mass is 257 g/mol. The first-order valence-electron chi connectivity index (χ1n) is 7.26. The zero-order chi connectivity index (χ0) is 13.7. The maximum atomic E-state index is 12.5. The van der Waals surface area contributed by atoms with Crippen molar-refractivity contribution in [3.63, 3.8) is 0 Å². The van der Waals surface area contributed by atoms with E-state index >= 15 is 0 Å². The van der Waals surface area contributed by atoms with E-state index < -0.39 is 0 Å². The number of likely N-dealkylation sites (tertiary alicyclic amines) is 1. The van der Waals surface area contributed by atoms with Gasteiger partial charge in [0.15, 0.2) is 0 Å². The molecule has 0 aliphatic carbocycles. The molecule has 1 aromatic carbocycles. The molecule has 102 valence electrons. The van der Waals surface area contributed by atoms with Crippen LogP contribution in [0.5, 0.6) is 0 Å². The van der Waals surface area contributed by atoms with Crippen molar-refractivity contribution in [1.29, 1.82) is 0 Å². The second-order valence-corrected chi connectivity index (χ2v) is 5.29. The summed E-state index contributed by atoms with van der Waals surface area (Å²) in [6.45, 7) is 5.01. The highest BCUT2D eigenvalue weighted by molar-refractivity contribution is 5.97. The highest BCUT2D eigenvalue weighted by atomic mass is 16.2. The van der Waals surface area contributed by atoms with Gasteiger partial charge >= 0.3 is 0 Å². The first-order valence-corrected chi connectivity index (χ1v) is 7.26. The van der Waals surface area contributed by atoms with Crippen molar-refractivity contribution >= 4 is 12.0 Å². The number of hydrogen-bond donors (Lipinski definition) is 0. The number of amides is 1. The van der Waals surface area contributed by atoms with Crippen molar-refractivity contribution in [1.82, 2.24) is 4.90 Å². The number of rotatable bonds is 3. The van der Waals surface area contributed by atoms with E-state index in [1.807, 2.05) is 43.3 Å². The summed E-state index contributed by atoms with van der Waals surface area (Å²) in [5.41, 5.74) is 1.94. The Kier molecular flexibility index (Phi) is 4.78. The molecule has 1 saturated heterocycles. The SMILES string of the molecule is CC[C@H]1CCCCN1C(=O)/C(C)=C\c1ccccc1. The summed E-state index contributed by atoms with van der Waals surface area (Å²) >= 11 is 0. The van der Waals surface area contributed by atoms with Gasteiger partial charge in [-0.3, -0.25) is 4.79 Å². The molecule has 1 aromatic rings. The van der Waals surface area contributed by atoms with Gasteiger partial charge in [0.2, 0.25) is 5.91 Å². The van der Waals surface area contributed by atoms with E-state index in [4.69, 9.17) is 0 Å². The lowest BCUT2D eigenvalue weighted by Gasteiger charge is -2.35. The molecule has 0 N–H and O–H groups in total. The lowest BCUT2D eigenvalue weighted by molar-refractivity contribution is -0.130. The Morgan fingerprint density at radius 3 is 2.74 bits per heavy atom. The molecule has 0 spiro atoms. The zero-order valence-corrected chi connectivity index (χ0v) is 11.9. The lowest BCUT2D eigenvalue weighted by atomic mass is 9.98. The molecule has 2 rings (SSSR count). The molecule has 0 aromatic heterocycles. The molecule has 0 bridgehead atoms. The fourth-order valence-electron chi connectivity index (χ4n) is 2.78. The first-order chi connectivity index (χ1) is 9.22. The second kappa shape index (κ2) is 6.55. The van der Waals surface area contributed by atoms with Crippen LogP contribution >= 0.6 is 0 Å². The normalized spacial score (nSPS) is 20.4. The Labute approximate surface area is 116 Å². The average Bonchev–Trinajstić information content (AvgIpc) is 2.47. The number of carbonyl (C=O) groups is 1. The van der Waals surface area contributed by atoms with Crippen LogP contribution in [-0.4, -0.2) is 23.4 Å². The van der Waals surface area contributed by atoms with E-state index in [0.29, 0.717) is 6.04 Å². The standard InChI is InChI=1S/C17H23NO/c1-3-16-11-7-8-12-18(16)17(19)14(2)13-15-9-5-4-6-10-15/h4-6,9-10,13,16H,3,7-8,11-12H2,1-2H3/b14-13-/t16-/m0/s1. The quantitative estimate of drug-likeness (QED) is 0.752. The average molecular weight is 257 g/mol. The molecule has 1 atom stereocenters. The molecular formula is C17H23NO. The van der Waals surface area contributed by atoms with Crippen molar-refractivity contribution in [2.24, 2.45) is 0 Å². The van der Waals surface area contributed by atoms with Gasteiger partial charge in [-0.15, -0.1) is 0 Å². The van der Waals surface area contributed by atoms with Crippen molar-refractivity contribution in [3.8, 4) is 0 Å². The van der Waals surface area contributed by atoms with E-state index in [-0.39, 0.29) is 5.91 Å². The third kappa shape index (κ3) is 3.46. The summed E-state index contributed by atoms with van der Waals surface area (Å²) in [6.07, 6.45) is 6.60. The van der Waals surface area contributed by atoms with Crippen LogP contribution in [0.15, 0.2) is 35.9 Å². The van der Waals surface area contributed by atoms with Crippen molar-refractivity contribution in [3.05, 3.63) is 41.5 Å². The van der Waals surface area contributed by atoms with Gasteiger partial charge in [-0.25, -0.2) is 0 Å². The molecular weight excluding hydrogens is 234 g/mol. The minimum absolute atomic E-state index is 0.204. The Bertz CT molecular complexity index is 450. The molecule has 1 amide bonds. The highest BCUT2D eigenvalue weighted by Gasteiger charge is 2.25. The van der Waals surface area contributed by atoms with Crippen LogP contribution in [0, 0.1) is 0 Å². The van der Waals surface area contributed by atoms with Gasteiger partial charge in [0, 0.05) is 18.2 Å². The van der Waals surface area contributed by atoms with Gasteiger partial charge in [-0.05, 0) is 44.2 Å². The predicted molar refractivity (Wildman–Crippen MR) is 79.7 cm³/mol. The molecule has 1 aliphatic rings. The van der Waals surface area contributed by atoms with Crippen molar-refractivity contribution in [2.45, 2.75) is 45.6 Å². The maximum absolute atomic E-state index is 12.5. The number of nitrogens with zero attached hydrogens (tertiary/aromatic N) is 1. The minimum atomic E-state index is 0.204. The van der Waals surface area contributed by atoms with E-state index in [0.717, 1.165) is 36.9 Å². The van der Waals surface area contributed by atoms with E-state index in [1.165, 1.54) is 6.42 Å². The molecule has 19 heavy (non-hydrogen) atoms. The molecule has 0 saturated carbocycles. The Morgan fingerprint density at radius 2 is 2.05 bits per heavy atom. The topological polar surface area (TPSA) is 20.3 Å². The number of hydrogen-bond acceptors (Lipinski definition) is 1. The summed E-state index contributed by atoms with van der Waals surface area (Å²) in [4.78, 5) is 14.6. The van der Waals surface area contributed by atoms with Gasteiger partial charge in [-0.2, -0.15) is 0 Å². The third-order valence-electron chi connectivity index (χ3n) is 3.88. The first kappa shape index (κ1) is 13.9. The van der Waals surface area contributed by atoms with Crippen LogP contribution in [-0.2, 0) is 4.79 Å². The third-order valence-corrected chi connectivity index (χ3v) is 3.88. The summed E-state index contributed by atoms with van der Waals surface area (Å²) in [7, 11) is 0. The van der Waals surface area contributed by atoms with Gasteiger partial charge in [-0.1, -0.05) is 37.3 Å². The van der Waals surface area contributed by atoms with Crippen LogP contribution in [0.2, 0.25) is 0 Å². The van der Waals surface area contributed by atoms with Crippen LogP contribution in [0.25, 0.3) is 6.08 Å². The van der Waals surface area contributed by atoms with Gasteiger partial charge < -0.3 is 4.90 Å². The largest absolute Gasteiger partial charge is 0.336 e. The zero-order valence-electron chi connectivity index (χ0n) is 11.9. The minimum Gasteiger partial charge on any atom is -0.336 e. The van der Waals surface area contributed by atoms with E-state index in [1.54, 1.807) is 0 Å². The van der Waals surface area contributed by atoms with Crippen LogP contribution < -0.4 is 0 Å². The van der Waals surface area contributed by atoms with Crippen LogP contribution in [0.3, 0.4) is 0 Å².